The van der Waals surface area contributed by atoms with Crippen molar-refractivity contribution in [2.45, 2.75) is 26.3 Å². The lowest BCUT2D eigenvalue weighted by molar-refractivity contribution is -0.126. The third kappa shape index (κ3) is 4.47. The normalized spacial score (nSPS) is 21.8. The van der Waals surface area contributed by atoms with Crippen molar-refractivity contribution < 1.29 is 14.6 Å². The van der Waals surface area contributed by atoms with Crippen LogP contribution in [0.4, 0.5) is 0 Å². The molecule has 5 heteroatoms. The van der Waals surface area contributed by atoms with Gasteiger partial charge in [0.2, 0.25) is 5.91 Å². The highest BCUT2D eigenvalue weighted by molar-refractivity contribution is 5.82. The third-order valence-electron chi connectivity index (χ3n) is 2.77. The van der Waals surface area contributed by atoms with Gasteiger partial charge in [-0.1, -0.05) is 13.8 Å². The Bertz CT molecular complexity index is 225. The fourth-order valence-corrected chi connectivity index (χ4v) is 1.57. The number of nitrogens with one attached hydrogen (secondary N) is 2. The van der Waals surface area contributed by atoms with Crippen LogP contribution in [0.1, 0.15) is 20.3 Å². The molecule has 0 aromatic carbocycles. The van der Waals surface area contributed by atoms with Gasteiger partial charge in [-0.05, 0) is 11.8 Å². The van der Waals surface area contributed by atoms with Crippen molar-refractivity contribution in [1.82, 2.24) is 10.6 Å². The summed E-state index contributed by atoms with van der Waals surface area (Å²) in [6.45, 7) is 6.59. The molecule has 1 rings (SSSR count). The van der Waals surface area contributed by atoms with Gasteiger partial charge in [0.05, 0.1) is 13.2 Å². The van der Waals surface area contributed by atoms with E-state index >= 15 is 0 Å². The maximum absolute atomic E-state index is 11.7. The minimum Gasteiger partial charge on any atom is -0.396 e. The Morgan fingerprint density at radius 2 is 2.38 bits per heavy atom. The molecule has 1 heterocycles. The average Bonchev–Trinajstić information content (AvgIpc) is 2.27. The van der Waals surface area contributed by atoms with Crippen molar-refractivity contribution in [2.75, 3.05) is 32.9 Å². The molecule has 1 aliphatic heterocycles. The van der Waals surface area contributed by atoms with E-state index in [0.29, 0.717) is 26.2 Å². The zero-order valence-corrected chi connectivity index (χ0v) is 10.1. The maximum atomic E-state index is 11.7. The van der Waals surface area contributed by atoms with E-state index in [-0.39, 0.29) is 24.0 Å². The lowest BCUT2D eigenvalue weighted by Gasteiger charge is -2.27. The number of aliphatic hydroxyl groups is 1. The molecule has 1 saturated heterocycles. The van der Waals surface area contributed by atoms with Crippen LogP contribution >= 0.6 is 0 Å². The molecule has 0 spiro atoms. The number of hydrogen-bond donors (Lipinski definition) is 3. The van der Waals surface area contributed by atoms with Crippen molar-refractivity contribution in [3.05, 3.63) is 0 Å². The molecule has 0 saturated carbocycles. The van der Waals surface area contributed by atoms with E-state index in [9.17, 15) is 4.79 Å². The second-order valence-electron chi connectivity index (χ2n) is 4.94. The minimum absolute atomic E-state index is 0.0225. The second-order valence-corrected chi connectivity index (χ2v) is 4.94. The van der Waals surface area contributed by atoms with E-state index in [2.05, 4.69) is 10.6 Å². The molecule has 1 unspecified atom stereocenters. The van der Waals surface area contributed by atoms with Crippen molar-refractivity contribution in [2.24, 2.45) is 5.41 Å². The van der Waals surface area contributed by atoms with Crippen LogP contribution in [0.15, 0.2) is 0 Å². The molecule has 1 aliphatic rings. The lowest BCUT2D eigenvalue weighted by Crippen LogP contribution is -2.52. The van der Waals surface area contributed by atoms with Crippen LogP contribution in [-0.4, -0.2) is 50.0 Å². The zero-order chi connectivity index (χ0) is 12.0. The van der Waals surface area contributed by atoms with Gasteiger partial charge in [-0.2, -0.15) is 0 Å². The topological polar surface area (TPSA) is 70.6 Å². The molecule has 0 bridgehead atoms. The number of rotatable bonds is 5. The number of morpholine rings is 1. The van der Waals surface area contributed by atoms with Crippen LogP contribution in [-0.2, 0) is 9.53 Å². The van der Waals surface area contributed by atoms with E-state index in [0.717, 1.165) is 6.54 Å². The molecule has 1 atom stereocenters. The number of carbonyl (C=O) groups is 1. The van der Waals surface area contributed by atoms with Gasteiger partial charge in [0.15, 0.2) is 0 Å². The van der Waals surface area contributed by atoms with Gasteiger partial charge in [-0.3, -0.25) is 4.79 Å². The molecule has 16 heavy (non-hydrogen) atoms. The quantitative estimate of drug-likeness (QED) is 0.595. The van der Waals surface area contributed by atoms with Gasteiger partial charge < -0.3 is 20.5 Å². The molecular formula is C11H22N2O3. The van der Waals surface area contributed by atoms with Crippen LogP contribution in [0.5, 0.6) is 0 Å². The van der Waals surface area contributed by atoms with Crippen molar-refractivity contribution in [3.63, 3.8) is 0 Å². The highest BCUT2D eigenvalue weighted by Crippen LogP contribution is 2.17. The molecular weight excluding hydrogens is 208 g/mol. The summed E-state index contributed by atoms with van der Waals surface area (Å²) in [7, 11) is 0. The van der Waals surface area contributed by atoms with Gasteiger partial charge in [0.1, 0.15) is 6.04 Å². The smallest absolute Gasteiger partial charge is 0.239 e. The van der Waals surface area contributed by atoms with Gasteiger partial charge >= 0.3 is 0 Å². The first kappa shape index (κ1) is 13.4. The molecule has 0 aromatic rings. The Kier molecular flexibility index (Phi) is 5.18. The molecule has 0 radical (unpaired) electrons. The molecule has 94 valence electrons. The van der Waals surface area contributed by atoms with E-state index < -0.39 is 0 Å². The van der Waals surface area contributed by atoms with Crippen LogP contribution in [0, 0.1) is 5.41 Å². The highest BCUT2D eigenvalue weighted by atomic mass is 16.5. The van der Waals surface area contributed by atoms with E-state index in [1.54, 1.807) is 0 Å². The summed E-state index contributed by atoms with van der Waals surface area (Å²) in [6, 6.07) is -0.237. The average molecular weight is 230 g/mol. The lowest BCUT2D eigenvalue weighted by atomic mass is 9.89. The Morgan fingerprint density at radius 3 is 2.94 bits per heavy atom. The zero-order valence-electron chi connectivity index (χ0n) is 10.1. The van der Waals surface area contributed by atoms with Crippen molar-refractivity contribution in [1.29, 1.82) is 0 Å². The summed E-state index contributed by atoms with van der Waals surface area (Å²) in [4.78, 5) is 11.7. The summed E-state index contributed by atoms with van der Waals surface area (Å²) in [5.41, 5.74) is -0.0695. The summed E-state index contributed by atoms with van der Waals surface area (Å²) < 4.78 is 5.22. The van der Waals surface area contributed by atoms with Crippen LogP contribution in [0.25, 0.3) is 0 Å². The number of ether oxygens (including phenoxy) is 1. The summed E-state index contributed by atoms with van der Waals surface area (Å²) in [6.07, 6.45) is 0.682. The fourth-order valence-electron chi connectivity index (χ4n) is 1.57. The Balaban J connectivity index is 2.28. The fraction of sp³-hybridized carbons (Fsp3) is 0.909. The first-order chi connectivity index (χ1) is 7.55. The van der Waals surface area contributed by atoms with Crippen molar-refractivity contribution in [3.8, 4) is 0 Å². The Morgan fingerprint density at radius 1 is 1.62 bits per heavy atom. The number of carbonyl (C=O) groups excluding carboxylic acids is 1. The third-order valence-corrected chi connectivity index (χ3v) is 2.77. The molecule has 0 aromatic heterocycles. The summed E-state index contributed by atoms with van der Waals surface area (Å²) in [5.74, 6) is -0.0225. The first-order valence-electron chi connectivity index (χ1n) is 5.75. The predicted molar refractivity (Wildman–Crippen MR) is 61.1 cm³/mol. The van der Waals surface area contributed by atoms with Gasteiger partial charge in [0.25, 0.3) is 0 Å². The van der Waals surface area contributed by atoms with E-state index in [1.807, 2.05) is 13.8 Å². The Hall–Kier alpha value is -0.650. The first-order valence-corrected chi connectivity index (χ1v) is 5.75. The molecule has 3 N–H and O–H groups in total. The van der Waals surface area contributed by atoms with E-state index in [4.69, 9.17) is 9.84 Å². The molecule has 5 nitrogen and oxygen atoms in total. The molecule has 1 amide bonds. The van der Waals surface area contributed by atoms with Crippen LogP contribution in [0.2, 0.25) is 0 Å². The largest absolute Gasteiger partial charge is 0.396 e. The SMILES string of the molecule is CC(C)(CCO)CNC(=O)C1COCCN1. The number of aliphatic hydroxyl groups excluding tert-OH is 1. The Labute approximate surface area is 96.6 Å². The summed E-state index contributed by atoms with van der Waals surface area (Å²) >= 11 is 0. The second kappa shape index (κ2) is 6.18. The molecule has 0 aliphatic carbocycles. The van der Waals surface area contributed by atoms with E-state index in [1.165, 1.54) is 0 Å². The predicted octanol–water partition coefficient (Wildman–Crippen LogP) is -0.500. The van der Waals surface area contributed by atoms with Gasteiger partial charge in [-0.15, -0.1) is 0 Å². The maximum Gasteiger partial charge on any atom is 0.239 e. The molecule has 1 fully saturated rings. The highest BCUT2D eigenvalue weighted by Gasteiger charge is 2.23. The number of amides is 1. The number of hydrogen-bond acceptors (Lipinski definition) is 4. The summed E-state index contributed by atoms with van der Waals surface area (Å²) in [5, 5.41) is 14.9. The van der Waals surface area contributed by atoms with Gasteiger partial charge in [0, 0.05) is 19.7 Å². The monoisotopic (exact) mass is 230 g/mol. The van der Waals surface area contributed by atoms with Crippen molar-refractivity contribution >= 4 is 5.91 Å². The van der Waals surface area contributed by atoms with Crippen LogP contribution < -0.4 is 10.6 Å². The van der Waals surface area contributed by atoms with Crippen LogP contribution in [0.3, 0.4) is 0 Å². The minimum atomic E-state index is -0.237. The van der Waals surface area contributed by atoms with Gasteiger partial charge in [-0.25, -0.2) is 0 Å². The standard InChI is InChI=1S/C11H22N2O3/c1-11(2,3-5-14)8-13-10(15)9-7-16-6-4-12-9/h9,12,14H,3-8H2,1-2H3,(H,13,15).